The van der Waals surface area contributed by atoms with Crippen molar-refractivity contribution in [2.45, 2.75) is 12.2 Å². The molecule has 2 rings (SSSR count). The highest BCUT2D eigenvalue weighted by molar-refractivity contribution is 9.10. The average molecular weight is 372 g/mol. The SMILES string of the molecule is O[C@@H](c1ccccc1Br)[C@@H](O)c1ccccc1Br. The first-order valence-corrected chi connectivity index (χ1v) is 7.05. The maximum Gasteiger partial charge on any atom is 0.110 e. The van der Waals surface area contributed by atoms with E-state index in [9.17, 15) is 10.2 Å². The molecule has 2 N–H and O–H groups in total. The Kier molecular flexibility index (Phi) is 4.56. The largest absolute Gasteiger partial charge is 0.385 e. The van der Waals surface area contributed by atoms with Gasteiger partial charge in [0.1, 0.15) is 12.2 Å². The Labute approximate surface area is 123 Å². The maximum absolute atomic E-state index is 10.2. The van der Waals surface area contributed by atoms with Gasteiger partial charge in [0.2, 0.25) is 0 Å². The van der Waals surface area contributed by atoms with Crippen molar-refractivity contribution in [3.05, 3.63) is 68.6 Å². The highest BCUT2D eigenvalue weighted by atomic mass is 79.9. The molecule has 2 nitrogen and oxygen atoms in total. The molecule has 0 heterocycles. The van der Waals surface area contributed by atoms with Crippen molar-refractivity contribution in [3.63, 3.8) is 0 Å². The molecule has 0 amide bonds. The van der Waals surface area contributed by atoms with Crippen molar-refractivity contribution in [2.75, 3.05) is 0 Å². The molecule has 18 heavy (non-hydrogen) atoms. The Bertz CT molecular complexity index is 493. The smallest absolute Gasteiger partial charge is 0.110 e. The van der Waals surface area contributed by atoms with Gasteiger partial charge in [0.25, 0.3) is 0 Å². The summed E-state index contributed by atoms with van der Waals surface area (Å²) in [5.74, 6) is 0. The molecule has 0 unspecified atom stereocenters. The summed E-state index contributed by atoms with van der Waals surface area (Å²) in [6, 6.07) is 14.6. The molecule has 2 atom stereocenters. The quantitative estimate of drug-likeness (QED) is 0.856. The first kappa shape index (κ1) is 13.7. The fourth-order valence-corrected chi connectivity index (χ4v) is 2.81. The van der Waals surface area contributed by atoms with E-state index >= 15 is 0 Å². The molecular formula is C14H12Br2O2. The van der Waals surface area contributed by atoms with Gasteiger partial charge >= 0.3 is 0 Å². The number of rotatable bonds is 3. The number of hydrogen-bond acceptors (Lipinski definition) is 2. The molecule has 2 aromatic rings. The van der Waals surface area contributed by atoms with Crippen molar-refractivity contribution in [3.8, 4) is 0 Å². The second-order valence-electron chi connectivity index (χ2n) is 3.93. The van der Waals surface area contributed by atoms with E-state index in [2.05, 4.69) is 31.9 Å². The molecule has 0 aliphatic carbocycles. The highest BCUT2D eigenvalue weighted by Crippen LogP contribution is 2.35. The summed E-state index contributed by atoms with van der Waals surface area (Å²) in [7, 11) is 0. The van der Waals surface area contributed by atoms with Crippen LogP contribution in [0.25, 0.3) is 0 Å². The van der Waals surface area contributed by atoms with E-state index < -0.39 is 12.2 Å². The zero-order valence-electron chi connectivity index (χ0n) is 9.42. The van der Waals surface area contributed by atoms with Crippen LogP contribution in [0.5, 0.6) is 0 Å². The van der Waals surface area contributed by atoms with Crippen molar-refractivity contribution >= 4 is 31.9 Å². The first-order valence-electron chi connectivity index (χ1n) is 5.46. The average Bonchev–Trinajstić information content (AvgIpc) is 2.38. The fourth-order valence-electron chi connectivity index (χ4n) is 1.77. The monoisotopic (exact) mass is 370 g/mol. The van der Waals surface area contributed by atoms with Gasteiger partial charge in [-0.3, -0.25) is 0 Å². The number of aliphatic hydroxyl groups excluding tert-OH is 2. The molecule has 0 aliphatic heterocycles. The van der Waals surface area contributed by atoms with Gasteiger partial charge in [-0.05, 0) is 23.3 Å². The molecule has 0 aromatic heterocycles. The Balaban J connectivity index is 2.33. The number of aliphatic hydroxyl groups is 2. The number of halogens is 2. The third kappa shape index (κ3) is 2.83. The van der Waals surface area contributed by atoms with E-state index in [0.29, 0.717) is 11.1 Å². The summed E-state index contributed by atoms with van der Waals surface area (Å²) in [5.41, 5.74) is 1.33. The zero-order chi connectivity index (χ0) is 13.1. The lowest BCUT2D eigenvalue weighted by molar-refractivity contribution is 0.0164. The van der Waals surface area contributed by atoms with Crippen molar-refractivity contribution in [1.29, 1.82) is 0 Å². The van der Waals surface area contributed by atoms with Crippen molar-refractivity contribution < 1.29 is 10.2 Å². The molecular weight excluding hydrogens is 360 g/mol. The van der Waals surface area contributed by atoms with Crippen LogP contribution in [0.15, 0.2) is 57.5 Å². The molecule has 0 aliphatic rings. The number of benzene rings is 2. The molecule has 0 saturated heterocycles. The van der Waals surface area contributed by atoms with Crippen LogP contribution in [-0.4, -0.2) is 10.2 Å². The molecule has 2 aromatic carbocycles. The molecule has 94 valence electrons. The third-order valence-corrected chi connectivity index (χ3v) is 4.19. The van der Waals surface area contributed by atoms with E-state index in [-0.39, 0.29) is 0 Å². The predicted molar refractivity (Wildman–Crippen MR) is 78.2 cm³/mol. The van der Waals surface area contributed by atoms with Gasteiger partial charge in [-0.25, -0.2) is 0 Å². The predicted octanol–water partition coefficient (Wildman–Crippen LogP) is 3.98. The lowest BCUT2D eigenvalue weighted by Crippen LogP contribution is -2.11. The van der Waals surface area contributed by atoms with E-state index in [1.54, 1.807) is 12.1 Å². The first-order chi connectivity index (χ1) is 8.61. The lowest BCUT2D eigenvalue weighted by atomic mass is 9.98. The van der Waals surface area contributed by atoms with Gasteiger partial charge in [-0.2, -0.15) is 0 Å². The van der Waals surface area contributed by atoms with E-state index in [0.717, 1.165) is 8.95 Å². The molecule has 0 spiro atoms. The third-order valence-electron chi connectivity index (χ3n) is 2.75. The van der Waals surface area contributed by atoms with Gasteiger partial charge in [-0.1, -0.05) is 68.3 Å². The molecule has 4 heteroatoms. The van der Waals surface area contributed by atoms with Crippen molar-refractivity contribution in [1.82, 2.24) is 0 Å². The fraction of sp³-hybridized carbons (Fsp3) is 0.143. The second-order valence-corrected chi connectivity index (χ2v) is 5.64. The van der Waals surface area contributed by atoms with Crippen LogP contribution >= 0.6 is 31.9 Å². The van der Waals surface area contributed by atoms with Crippen LogP contribution in [0.3, 0.4) is 0 Å². The second kappa shape index (κ2) is 5.97. The summed E-state index contributed by atoms with van der Waals surface area (Å²) in [5, 5.41) is 20.5. The van der Waals surface area contributed by atoms with Gasteiger partial charge < -0.3 is 10.2 Å². The summed E-state index contributed by atoms with van der Waals surface area (Å²) < 4.78 is 1.56. The lowest BCUT2D eigenvalue weighted by Gasteiger charge is -2.20. The van der Waals surface area contributed by atoms with Gasteiger partial charge in [0.15, 0.2) is 0 Å². The normalized spacial score (nSPS) is 14.2. The van der Waals surface area contributed by atoms with E-state index in [4.69, 9.17) is 0 Å². The Morgan fingerprint density at radius 3 is 1.33 bits per heavy atom. The van der Waals surface area contributed by atoms with Gasteiger partial charge in [-0.15, -0.1) is 0 Å². The molecule has 0 bridgehead atoms. The van der Waals surface area contributed by atoms with Crippen LogP contribution in [0.1, 0.15) is 23.3 Å². The number of hydrogen-bond donors (Lipinski definition) is 2. The van der Waals surface area contributed by atoms with Crippen LogP contribution in [0.4, 0.5) is 0 Å². The van der Waals surface area contributed by atoms with Gasteiger partial charge in [0, 0.05) is 8.95 Å². The van der Waals surface area contributed by atoms with Crippen LogP contribution < -0.4 is 0 Å². The van der Waals surface area contributed by atoms with Gasteiger partial charge in [0.05, 0.1) is 0 Å². The Morgan fingerprint density at radius 1 is 0.667 bits per heavy atom. The molecule has 0 radical (unpaired) electrons. The van der Waals surface area contributed by atoms with E-state index in [1.807, 2.05) is 36.4 Å². The topological polar surface area (TPSA) is 40.5 Å². The summed E-state index contributed by atoms with van der Waals surface area (Å²) in [6.07, 6.45) is -1.95. The maximum atomic E-state index is 10.2. The Hall–Kier alpha value is -0.680. The summed E-state index contributed by atoms with van der Waals surface area (Å²) in [6.45, 7) is 0. The molecule has 0 saturated carbocycles. The van der Waals surface area contributed by atoms with E-state index in [1.165, 1.54) is 0 Å². The summed E-state index contributed by atoms with van der Waals surface area (Å²) in [4.78, 5) is 0. The Morgan fingerprint density at radius 2 is 1.00 bits per heavy atom. The zero-order valence-corrected chi connectivity index (χ0v) is 12.6. The summed E-state index contributed by atoms with van der Waals surface area (Å²) >= 11 is 6.75. The highest BCUT2D eigenvalue weighted by Gasteiger charge is 2.23. The minimum atomic E-state index is -0.973. The molecule has 0 fully saturated rings. The minimum absolute atomic E-state index is 0.667. The standard InChI is InChI=1S/C14H12Br2O2/c15-11-7-3-1-5-9(11)13(17)14(18)10-6-2-4-8-12(10)16/h1-8,13-14,17-18H/t13-,14-/m0/s1. The van der Waals surface area contributed by atoms with Crippen LogP contribution in [0.2, 0.25) is 0 Å². The van der Waals surface area contributed by atoms with Crippen LogP contribution in [-0.2, 0) is 0 Å². The minimum Gasteiger partial charge on any atom is -0.385 e. The van der Waals surface area contributed by atoms with Crippen LogP contribution in [0, 0.1) is 0 Å². The van der Waals surface area contributed by atoms with Crippen molar-refractivity contribution in [2.24, 2.45) is 0 Å².